The summed E-state index contributed by atoms with van der Waals surface area (Å²) in [6.07, 6.45) is 0.861. The smallest absolute Gasteiger partial charge is 0.160 e. The van der Waals surface area contributed by atoms with Gasteiger partial charge in [0, 0.05) is 5.69 Å². The molecular weight excluding hydrogens is 196 g/mol. The van der Waals surface area contributed by atoms with Crippen LogP contribution < -0.4 is 0 Å². The molecule has 0 saturated heterocycles. The zero-order chi connectivity index (χ0) is 10.1. The van der Waals surface area contributed by atoms with Gasteiger partial charge in [0.2, 0.25) is 0 Å². The van der Waals surface area contributed by atoms with E-state index in [1.54, 1.807) is 0 Å². The number of carbonyl (C=O) groups excluding carboxylic acids is 1. The summed E-state index contributed by atoms with van der Waals surface area (Å²) in [5.74, 6) is 0. The minimum absolute atomic E-state index is 0.729. The largest absolute Gasteiger partial charge is 0.297 e. The van der Waals surface area contributed by atoms with Crippen LogP contribution in [0.25, 0.3) is 5.00 Å². The molecule has 0 aliphatic rings. The highest BCUT2D eigenvalue weighted by Gasteiger charge is 2.05. The van der Waals surface area contributed by atoms with Crippen LogP contribution in [0, 0.1) is 13.8 Å². The van der Waals surface area contributed by atoms with E-state index in [1.807, 2.05) is 36.7 Å². The van der Waals surface area contributed by atoms with Gasteiger partial charge in [0.25, 0.3) is 0 Å². The lowest BCUT2D eigenvalue weighted by Crippen LogP contribution is -1.95. The molecule has 72 valence electrons. The molecule has 0 atom stereocenters. The van der Waals surface area contributed by atoms with E-state index >= 15 is 0 Å². The Kier molecular flexibility index (Phi) is 2.21. The third kappa shape index (κ3) is 1.48. The van der Waals surface area contributed by atoms with E-state index < -0.39 is 0 Å². The molecule has 3 nitrogen and oxygen atoms in total. The van der Waals surface area contributed by atoms with Crippen molar-refractivity contribution in [3.05, 3.63) is 34.5 Å². The second-order valence-corrected chi connectivity index (χ2v) is 4.23. The first kappa shape index (κ1) is 9.15. The van der Waals surface area contributed by atoms with Crippen LogP contribution in [0.3, 0.4) is 0 Å². The topological polar surface area (TPSA) is 34.9 Å². The highest BCUT2D eigenvalue weighted by molar-refractivity contribution is 7.16. The van der Waals surface area contributed by atoms with Crippen molar-refractivity contribution in [2.45, 2.75) is 13.8 Å². The molecule has 0 aliphatic carbocycles. The van der Waals surface area contributed by atoms with Gasteiger partial charge < -0.3 is 0 Å². The van der Waals surface area contributed by atoms with Gasteiger partial charge in [-0.25, -0.2) is 4.68 Å². The monoisotopic (exact) mass is 206 g/mol. The van der Waals surface area contributed by atoms with Crippen molar-refractivity contribution in [3.8, 4) is 5.00 Å². The fourth-order valence-corrected chi connectivity index (χ4v) is 2.20. The maximum Gasteiger partial charge on any atom is 0.160 e. The molecule has 2 heterocycles. The number of hydrogen-bond acceptors (Lipinski definition) is 3. The predicted molar refractivity (Wildman–Crippen MR) is 56.3 cm³/mol. The van der Waals surface area contributed by atoms with Crippen LogP contribution in [-0.2, 0) is 0 Å². The lowest BCUT2D eigenvalue weighted by atomic mass is 10.4. The Morgan fingerprint density at radius 1 is 1.43 bits per heavy atom. The maximum atomic E-state index is 10.5. The van der Waals surface area contributed by atoms with E-state index in [0.717, 1.165) is 27.6 Å². The number of nitrogens with zero attached hydrogens (tertiary/aromatic N) is 2. The minimum Gasteiger partial charge on any atom is -0.297 e. The summed E-state index contributed by atoms with van der Waals surface area (Å²) in [5, 5.41) is 5.32. The summed E-state index contributed by atoms with van der Waals surface area (Å²) >= 11 is 1.45. The lowest BCUT2D eigenvalue weighted by Gasteiger charge is -1.98. The van der Waals surface area contributed by atoms with Crippen molar-refractivity contribution < 1.29 is 4.79 Å². The third-order valence-corrected chi connectivity index (χ3v) is 2.93. The van der Waals surface area contributed by atoms with Gasteiger partial charge >= 0.3 is 0 Å². The van der Waals surface area contributed by atoms with Gasteiger partial charge in [0.1, 0.15) is 5.00 Å². The Labute approximate surface area is 86.0 Å². The van der Waals surface area contributed by atoms with Crippen LogP contribution in [0.2, 0.25) is 0 Å². The molecule has 14 heavy (non-hydrogen) atoms. The van der Waals surface area contributed by atoms with Crippen molar-refractivity contribution in [1.82, 2.24) is 9.78 Å². The van der Waals surface area contributed by atoms with E-state index in [4.69, 9.17) is 0 Å². The highest BCUT2D eigenvalue weighted by atomic mass is 32.1. The van der Waals surface area contributed by atoms with Crippen LogP contribution in [0.15, 0.2) is 18.2 Å². The summed E-state index contributed by atoms with van der Waals surface area (Å²) in [7, 11) is 0. The molecule has 0 fully saturated rings. The van der Waals surface area contributed by atoms with Crippen LogP contribution >= 0.6 is 11.3 Å². The summed E-state index contributed by atoms with van der Waals surface area (Å²) < 4.78 is 1.85. The molecule has 0 aromatic carbocycles. The average molecular weight is 206 g/mol. The molecule has 4 heteroatoms. The molecule has 2 aromatic rings. The number of rotatable bonds is 2. The molecule has 0 bridgehead atoms. The standard InChI is InChI=1S/C10H10N2OS/c1-7-5-8(2)12(11-7)10-4-3-9(6-13)14-10/h3-6H,1-2H3. The molecule has 0 spiro atoms. The third-order valence-electron chi connectivity index (χ3n) is 1.95. The van der Waals surface area contributed by atoms with Crippen molar-refractivity contribution in [2.75, 3.05) is 0 Å². The second-order valence-electron chi connectivity index (χ2n) is 3.13. The molecule has 2 aromatic heterocycles. The van der Waals surface area contributed by atoms with Gasteiger partial charge in [-0.3, -0.25) is 4.79 Å². The van der Waals surface area contributed by atoms with Gasteiger partial charge in [0.15, 0.2) is 6.29 Å². The zero-order valence-electron chi connectivity index (χ0n) is 8.02. The lowest BCUT2D eigenvalue weighted by molar-refractivity contribution is 0.112. The first-order valence-electron chi connectivity index (χ1n) is 4.29. The number of aldehydes is 1. The van der Waals surface area contributed by atoms with Crippen molar-refractivity contribution in [1.29, 1.82) is 0 Å². The first-order chi connectivity index (χ1) is 6.70. The fourth-order valence-electron chi connectivity index (χ4n) is 1.37. The zero-order valence-corrected chi connectivity index (χ0v) is 8.84. The molecular formula is C10H10N2OS. The summed E-state index contributed by atoms with van der Waals surface area (Å²) in [4.78, 5) is 11.3. The Hall–Kier alpha value is -1.42. The molecule has 0 saturated carbocycles. The second kappa shape index (κ2) is 3.38. The Bertz CT molecular complexity index is 470. The first-order valence-corrected chi connectivity index (χ1v) is 5.11. The molecule has 0 unspecified atom stereocenters. The molecule has 0 N–H and O–H groups in total. The SMILES string of the molecule is Cc1cc(C)n(-c2ccc(C=O)s2)n1. The van der Waals surface area contributed by atoms with Crippen molar-refractivity contribution in [3.63, 3.8) is 0 Å². The molecule has 0 amide bonds. The molecule has 2 rings (SSSR count). The van der Waals surface area contributed by atoms with E-state index in [9.17, 15) is 4.79 Å². The van der Waals surface area contributed by atoms with Gasteiger partial charge in [-0.15, -0.1) is 11.3 Å². The summed E-state index contributed by atoms with van der Waals surface area (Å²) in [6.45, 7) is 3.96. The van der Waals surface area contributed by atoms with Gasteiger partial charge in [-0.1, -0.05) is 0 Å². The number of aromatic nitrogens is 2. The van der Waals surface area contributed by atoms with Crippen molar-refractivity contribution in [2.24, 2.45) is 0 Å². The Morgan fingerprint density at radius 2 is 2.21 bits per heavy atom. The minimum atomic E-state index is 0.729. The van der Waals surface area contributed by atoms with Gasteiger partial charge in [0.05, 0.1) is 10.6 Å². The number of carbonyl (C=O) groups is 1. The van der Waals surface area contributed by atoms with Crippen molar-refractivity contribution >= 4 is 17.6 Å². The Balaban J connectivity index is 2.48. The Morgan fingerprint density at radius 3 is 2.71 bits per heavy atom. The molecule has 0 radical (unpaired) electrons. The van der Waals surface area contributed by atoms with Crippen LogP contribution in [-0.4, -0.2) is 16.1 Å². The van der Waals surface area contributed by atoms with Gasteiger partial charge in [-0.05, 0) is 32.0 Å². The maximum absolute atomic E-state index is 10.5. The summed E-state index contributed by atoms with van der Waals surface area (Å²) in [5.41, 5.74) is 2.07. The van der Waals surface area contributed by atoms with E-state index in [1.165, 1.54) is 11.3 Å². The normalized spacial score (nSPS) is 10.4. The quantitative estimate of drug-likeness (QED) is 0.707. The molecule has 0 aliphatic heterocycles. The van der Waals surface area contributed by atoms with Crippen LogP contribution in [0.5, 0.6) is 0 Å². The number of hydrogen-bond donors (Lipinski definition) is 0. The van der Waals surface area contributed by atoms with E-state index in [-0.39, 0.29) is 0 Å². The summed E-state index contributed by atoms with van der Waals surface area (Å²) in [6, 6.07) is 5.73. The number of aryl methyl sites for hydroxylation is 2. The van der Waals surface area contributed by atoms with Gasteiger partial charge in [-0.2, -0.15) is 5.10 Å². The van der Waals surface area contributed by atoms with E-state index in [0.29, 0.717) is 0 Å². The number of thiophene rings is 1. The van der Waals surface area contributed by atoms with Crippen LogP contribution in [0.4, 0.5) is 0 Å². The predicted octanol–water partition coefficient (Wildman–Crippen LogP) is 2.36. The van der Waals surface area contributed by atoms with Crippen LogP contribution in [0.1, 0.15) is 21.1 Å². The highest BCUT2D eigenvalue weighted by Crippen LogP contribution is 2.20. The van der Waals surface area contributed by atoms with E-state index in [2.05, 4.69) is 5.10 Å². The fraction of sp³-hybridized carbons (Fsp3) is 0.200. The average Bonchev–Trinajstić information content (AvgIpc) is 2.71.